The fourth-order valence-electron chi connectivity index (χ4n) is 3.87. The van der Waals surface area contributed by atoms with Crippen LogP contribution >= 0.6 is 0 Å². The molecule has 19 heavy (non-hydrogen) atoms. The molecule has 106 valence electrons. The lowest BCUT2D eigenvalue weighted by molar-refractivity contribution is 0.111. The summed E-state index contributed by atoms with van der Waals surface area (Å²) in [5, 5.41) is 0. The van der Waals surface area contributed by atoms with Crippen LogP contribution in [0, 0.1) is 5.41 Å². The zero-order valence-corrected chi connectivity index (χ0v) is 12.3. The smallest absolute Gasteiger partial charge is 0.118 e. The van der Waals surface area contributed by atoms with Gasteiger partial charge in [-0.05, 0) is 56.9 Å². The molecule has 0 unspecified atom stereocenters. The standard InChI is InChI=1S/C16H26N2O/c1-3-14-5-6-15(19-14)11-18-10-8-16(13-18)7-4-9-17(2)12-16/h5-6H,3-4,7-13H2,1-2H3/t16-/m1/s1. The number of nitrogens with zero attached hydrogens (tertiary/aromatic N) is 2. The van der Waals surface area contributed by atoms with Gasteiger partial charge in [-0.15, -0.1) is 0 Å². The summed E-state index contributed by atoms with van der Waals surface area (Å²) in [5.41, 5.74) is 0.563. The van der Waals surface area contributed by atoms with E-state index in [-0.39, 0.29) is 0 Å². The Bertz CT molecular complexity index is 428. The molecule has 2 aliphatic heterocycles. The molecule has 0 N–H and O–H groups in total. The number of furan rings is 1. The lowest BCUT2D eigenvalue weighted by atomic mass is 9.79. The Morgan fingerprint density at radius 1 is 1.16 bits per heavy atom. The van der Waals surface area contributed by atoms with Gasteiger partial charge in [-0.2, -0.15) is 0 Å². The Morgan fingerprint density at radius 3 is 2.74 bits per heavy atom. The minimum Gasteiger partial charge on any atom is -0.465 e. The summed E-state index contributed by atoms with van der Waals surface area (Å²) in [6.45, 7) is 8.17. The van der Waals surface area contributed by atoms with Crippen LogP contribution in [0.15, 0.2) is 16.5 Å². The van der Waals surface area contributed by atoms with Crippen LogP contribution in [0.25, 0.3) is 0 Å². The minimum atomic E-state index is 0.563. The molecule has 0 amide bonds. The van der Waals surface area contributed by atoms with Gasteiger partial charge in [-0.3, -0.25) is 4.90 Å². The second-order valence-electron chi connectivity index (χ2n) is 6.52. The first-order valence-corrected chi connectivity index (χ1v) is 7.68. The Labute approximate surface area is 116 Å². The lowest BCUT2D eigenvalue weighted by Crippen LogP contribution is -2.42. The number of aryl methyl sites for hydroxylation is 1. The van der Waals surface area contributed by atoms with Crippen molar-refractivity contribution in [2.75, 3.05) is 33.2 Å². The second-order valence-corrected chi connectivity index (χ2v) is 6.52. The summed E-state index contributed by atoms with van der Waals surface area (Å²) < 4.78 is 5.84. The topological polar surface area (TPSA) is 19.6 Å². The quantitative estimate of drug-likeness (QED) is 0.835. The van der Waals surface area contributed by atoms with Gasteiger partial charge >= 0.3 is 0 Å². The van der Waals surface area contributed by atoms with Crippen molar-refractivity contribution < 1.29 is 4.42 Å². The first kappa shape index (κ1) is 13.2. The third-order valence-corrected chi connectivity index (χ3v) is 4.81. The van der Waals surface area contributed by atoms with E-state index in [0.717, 1.165) is 24.5 Å². The van der Waals surface area contributed by atoms with Crippen molar-refractivity contribution in [3.05, 3.63) is 23.7 Å². The number of hydrogen-bond donors (Lipinski definition) is 0. The summed E-state index contributed by atoms with van der Waals surface area (Å²) in [6, 6.07) is 4.27. The number of likely N-dealkylation sites (tertiary alicyclic amines) is 2. The van der Waals surface area contributed by atoms with Gasteiger partial charge in [0, 0.05) is 19.5 Å². The van der Waals surface area contributed by atoms with Crippen LogP contribution in [0.2, 0.25) is 0 Å². The van der Waals surface area contributed by atoms with Crippen molar-refractivity contribution in [2.45, 2.75) is 39.2 Å². The number of rotatable bonds is 3. The van der Waals surface area contributed by atoms with Crippen molar-refractivity contribution in [2.24, 2.45) is 5.41 Å². The van der Waals surface area contributed by atoms with E-state index in [9.17, 15) is 0 Å². The molecule has 1 atom stereocenters. The molecule has 1 spiro atoms. The van der Waals surface area contributed by atoms with Crippen molar-refractivity contribution >= 4 is 0 Å². The average Bonchev–Trinajstić information content (AvgIpc) is 2.98. The third-order valence-electron chi connectivity index (χ3n) is 4.81. The maximum atomic E-state index is 5.84. The zero-order valence-electron chi connectivity index (χ0n) is 12.3. The predicted molar refractivity (Wildman–Crippen MR) is 77.1 cm³/mol. The van der Waals surface area contributed by atoms with Crippen molar-refractivity contribution in [1.29, 1.82) is 0 Å². The van der Waals surface area contributed by atoms with E-state index in [1.807, 2.05) is 0 Å². The van der Waals surface area contributed by atoms with Crippen LogP contribution in [0.4, 0.5) is 0 Å². The Kier molecular flexibility index (Phi) is 3.68. The average molecular weight is 262 g/mol. The minimum absolute atomic E-state index is 0.563. The second kappa shape index (κ2) is 5.29. The van der Waals surface area contributed by atoms with Gasteiger partial charge in [-0.1, -0.05) is 6.92 Å². The van der Waals surface area contributed by atoms with Crippen LogP contribution in [0.1, 0.15) is 37.7 Å². The molecule has 3 heteroatoms. The highest BCUT2D eigenvalue weighted by molar-refractivity contribution is 5.07. The van der Waals surface area contributed by atoms with E-state index in [0.29, 0.717) is 5.41 Å². The fraction of sp³-hybridized carbons (Fsp3) is 0.750. The van der Waals surface area contributed by atoms with E-state index in [1.165, 1.54) is 45.4 Å². The maximum Gasteiger partial charge on any atom is 0.118 e. The first-order valence-electron chi connectivity index (χ1n) is 7.68. The van der Waals surface area contributed by atoms with Crippen LogP contribution in [-0.4, -0.2) is 43.0 Å². The molecule has 1 aromatic heterocycles. The van der Waals surface area contributed by atoms with Crippen molar-refractivity contribution in [3.8, 4) is 0 Å². The van der Waals surface area contributed by atoms with Gasteiger partial charge in [0.25, 0.3) is 0 Å². The molecule has 3 rings (SSSR count). The van der Waals surface area contributed by atoms with Crippen molar-refractivity contribution in [3.63, 3.8) is 0 Å². The highest BCUT2D eigenvalue weighted by atomic mass is 16.3. The Hall–Kier alpha value is -0.800. The van der Waals surface area contributed by atoms with Gasteiger partial charge in [0.1, 0.15) is 11.5 Å². The molecular formula is C16H26N2O. The van der Waals surface area contributed by atoms with Gasteiger partial charge in [0.15, 0.2) is 0 Å². The predicted octanol–water partition coefficient (Wildman–Crippen LogP) is 2.76. The monoisotopic (exact) mass is 262 g/mol. The normalized spacial score (nSPS) is 29.4. The molecule has 2 fully saturated rings. The van der Waals surface area contributed by atoms with E-state index >= 15 is 0 Å². The highest BCUT2D eigenvalue weighted by Crippen LogP contribution is 2.39. The molecule has 1 aromatic rings. The molecule has 3 heterocycles. The molecule has 0 radical (unpaired) electrons. The summed E-state index contributed by atoms with van der Waals surface area (Å²) in [5.74, 6) is 2.25. The SMILES string of the molecule is CCc1ccc(CN2CC[C@@]3(CCCN(C)C3)C2)o1. The van der Waals surface area contributed by atoms with Gasteiger partial charge in [-0.25, -0.2) is 0 Å². The molecule has 2 aliphatic rings. The zero-order chi connectivity index (χ0) is 13.3. The molecule has 0 bridgehead atoms. The van der Waals surface area contributed by atoms with E-state index in [4.69, 9.17) is 4.42 Å². The molecule has 0 aliphatic carbocycles. The van der Waals surface area contributed by atoms with Crippen molar-refractivity contribution in [1.82, 2.24) is 9.80 Å². The van der Waals surface area contributed by atoms with Crippen LogP contribution in [0.5, 0.6) is 0 Å². The maximum absolute atomic E-state index is 5.84. The number of hydrogen-bond acceptors (Lipinski definition) is 3. The summed E-state index contributed by atoms with van der Waals surface area (Å²) in [6.07, 6.45) is 5.13. The molecular weight excluding hydrogens is 236 g/mol. The van der Waals surface area contributed by atoms with Gasteiger partial charge in [0.05, 0.1) is 6.54 Å². The molecule has 0 aromatic carbocycles. The van der Waals surface area contributed by atoms with E-state index in [1.54, 1.807) is 0 Å². The fourth-order valence-corrected chi connectivity index (χ4v) is 3.87. The summed E-state index contributed by atoms with van der Waals surface area (Å²) in [4.78, 5) is 5.09. The van der Waals surface area contributed by atoms with Crippen LogP contribution < -0.4 is 0 Å². The summed E-state index contributed by atoms with van der Waals surface area (Å²) in [7, 11) is 2.27. The third kappa shape index (κ3) is 2.87. The van der Waals surface area contributed by atoms with E-state index in [2.05, 4.69) is 35.9 Å². The Balaban J connectivity index is 1.59. The van der Waals surface area contributed by atoms with Crippen LogP contribution in [0.3, 0.4) is 0 Å². The molecule has 3 nitrogen and oxygen atoms in total. The molecule has 0 saturated carbocycles. The van der Waals surface area contributed by atoms with E-state index < -0.39 is 0 Å². The molecule has 2 saturated heterocycles. The van der Waals surface area contributed by atoms with Gasteiger partial charge < -0.3 is 9.32 Å². The number of piperidine rings is 1. The lowest BCUT2D eigenvalue weighted by Gasteiger charge is -2.38. The Morgan fingerprint density at radius 2 is 2.00 bits per heavy atom. The largest absolute Gasteiger partial charge is 0.465 e. The van der Waals surface area contributed by atoms with Gasteiger partial charge in [0.2, 0.25) is 0 Å². The first-order chi connectivity index (χ1) is 9.19. The van der Waals surface area contributed by atoms with Crippen LogP contribution in [-0.2, 0) is 13.0 Å². The highest BCUT2D eigenvalue weighted by Gasteiger charge is 2.40. The summed E-state index contributed by atoms with van der Waals surface area (Å²) >= 11 is 0.